The molecule has 0 aromatic heterocycles. The molecule has 37 heavy (non-hydrogen) atoms. The van der Waals surface area contributed by atoms with Gasteiger partial charge in [0.15, 0.2) is 0 Å². The van der Waals surface area contributed by atoms with Gasteiger partial charge in [0, 0.05) is 36.9 Å². The number of benzene rings is 2. The van der Waals surface area contributed by atoms with Gasteiger partial charge in [-0.1, -0.05) is 12.1 Å². The van der Waals surface area contributed by atoms with Gasteiger partial charge in [-0.2, -0.15) is 43.8 Å². The van der Waals surface area contributed by atoms with Crippen LogP contribution in [0.2, 0.25) is 0 Å². The van der Waals surface area contributed by atoms with Crippen molar-refractivity contribution in [3.63, 3.8) is 0 Å². The zero-order valence-electron chi connectivity index (χ0n) is 18.6. The molecule has 1 heterocycles. The van der Waals surface area contributed by atoms with Gasteiger partial charge in [-0.15, -0.1) is 0 Å². The summed E-state index contributed by atoms with van der Waals surface area (Å²) in [7, 11) is -4.51. The smallest absolute Gasteiger partial charge is 0.369 e. The van der Waals surface area contributed by atoms with E-state index in [0.29, 0.717) is 18.2 Å². The van der Waals surface area contributed by atoms with Crippen LogP contribution in [0.3, 0.4) is 0 Å². The topological polar surface area (TPSA) is 60.9 Å². The number of aliphatic hydroxyl groups is 1. The molecule has 0 bridgehead atoms. The fourth-order valence-electron chi connectivity index (χ4n) is 4.02. The van der Waals surface area contributed by atoms with Crippen LogP contribution in [0.1, 0.15) is 18.1 Å². The predicted molar refractivity (Wildman–Crippen MR) is 109 cm³/mol. The summed E-state index contributed by atoms with van der Waals surface area (Å²) in [6.45, 7) is 0.377. The van der Waals surface area contributed by atoms with Gasteiger partial charge in [0.25, 0.3) is 5.60 Å². The Labute approximate surface area is 203 Å². The third-order valence-electron chi connectivity index (χ3n) is 5.87. The molecule has 0 saturated carbocycles. The first kappa shape index (κ1) is 29.0. The second-order valence-electron chi connectivity index (χ2n) is 8.30. The van der Waals surface area contributed by atoms with Gasteiger partial charge in [-0.25, -0.2) is 12.8 Å². The monoisotopic (exact) mass is 568 g/mol. The lowest BCUT2D eigenvalue weighted by Crippen LogP contribution is -2.54. The highest BCUT2D eigenvalue weighted by molar-refractivity contribution is 7.89. The molecule has 1 saturated heterocycles. The van der Waals surface area contributed by atoms with Crippen molar-refractivity contribution < 1.29 is 57.4 Å². The number of anilines is 1. The molecule has 3 rings (SSSR count). The molecule has 16 heteroatoms. The van der Waals surface area contributed by atoms with Gasteiger partial charge in [-0.05, 0) is 37.3 Å². The average Bonchev–Trinajstić information content (AvgIpc) is 2.76. The zero-order valence-corrected chi connectivity index (χ0v) is 19.4. The van der Waals surface area contributed by atoms with Crippen molar-refractivity contribution in [3.8, 4) is 0 Å². The van der Waals surface area contributed by atoms with E-state index >= 15 is 0 Å². The average molecular weight is 568 g/mol. The van der Waals surface area contributed by atoms with Crippen molar-refractivity contribution in [2.45, 2.75) is 42.0 Å². The summed E-state index contributed by atoms with van der Waals surface area (Å²) in [6, 6.07) is 2.31. The van der Waals surface area contributed by atoms with E-state index in [4.69, 9.17) is 0 Å². The molecular formula is C21H18F10N2O3S. The van der Waals surface area contributed by atoms with Gasteiger partial charge in [0.2, 0.25) is 10.0 Å². The Kier molecular flexibility index (Phi) is 7.29. The Morgan fingerprint density at radius 3 is 1.86 bits per heavy atom. The first-order valence-electron chi connectivity index (χ1n) is 10.3. The molecule has 1 aliphatic heterocycles. The van der Waals surface area contributed by atoms with Crippen LogP contribution in [0.5, 0.6) is 0 Å². The van der Waals surface area contributed by atoms with E-state index in [1.165, 1.54) is 11.8 Å². The summed E-state index contributed by atoms with van der Waals surface area (Å²) in [6.07, 6.45) is -17.2. The molecule has 5 nitrogen and oxygen atoms in total. The molecule has 0 radical (unpaired) electrons. The number of nitrogens with zero attached hydrogens (tertiary/aromatic N) is 2. The minimum Gasteiger partial charge on any atom is -0.369 e. The number of piperazine rings is 1. The van der Waals surface area contributed by atoms with E-state index in [1.807, 2.05) is 0 Å². The highest BCUT2D eigenvalue weighted by atomic mass is 32.2. The van der Waals surface area contributed by atoms with Crippen molar-refractivity contribution in [1.82, 2.24) is 4.31 Å². The van der Waals surface area contributed by atoms with Crippen LogP contribution in [0.15, 0.2) is 47.4 Å². The first-order valence-corrected chi connectivity index (χ1v) is 11.7. The molecule has 206 valence electrons. The third-order valence-corrected chi connectivity index (χ3v) is 7.90. The predicted octanol–water partition coefficient (Wildman–Crippen LogP) is 5.06. The van der Waals surface area contributed by atoms with Crippen LogP contribution in [-0.2, 0) is 21.8 Å². The lowest BCUT2D eigenvalue weighted by Gasteiger charge is -2.40. The lowest BCUT2D eigenvalue weighted by atomic mass is 9.92. The van der Waals surface area contributed by atoms with Gasteiger partial charge >= 0.3 is 18.5 Å². The minimum atomic E-state index is -6.16. The number of sulfonamides is 1. The maximum absolute atomic E-state index is 13.4. The number of alkyl halides is 9. The largest absolute Gasteiger partial charge is 0.430 e. The molecule has 2 aromatic carbocycles. The summed E-state index contributed by atoms with van der Waals surface area (Å²) >= 11 is 0. The maximum atomic E-state index is 13.4. The summed E-state index contributed by atoms with van der Waals surface area (Å²) in [5.74, 6) is -1.13. The van der Waals surface area contributed by atoms with Gasteiger partial charge in [0.1, 0.15) is 5.82 Å². The highest BCUT2D eigenvalue weighted by Gasteiger charge is 2.71. The van der Waals surface area contributed by atoms with Crippen LogP contribution >= 0.6 is 0 Å². The number of rotatable bonds is 4. The van der Waals surface area contributed by atoms with E-state index in [9.17, 15) is 57.4 Å². The number of halogens is 10. The molecule has 0 amide bonds. The van der Waals surface area contributed by atoms with Gasteiger partial charge < -0.3 is 10.0 Å². The summed E-state index contributed by atoms with van der Waals surface area (Å²) in [5.41, 5.74) is -8.55. The number of hydrogen-bond donors (Lipinski definition) is 1. The number of hydrogen-bond acceptors (Lipinski definition) is 4. The molecule has 0 aliphatic carbocycles. The maximum Gasteiger partial charge on any atom is 0.430 e. The van der Waals surface area contributed by atoms with E-state index in [1.54, 1.807) is 0 Å². The first-order chi connectivity index (χ1) is 16.7. The molecule has 1 N–H and O–H groups in total. The van der Waals surface area contributed by atoms with E-state index in [0.717, 1.165) is 16.4 Å². The summed E-state index contributed by atoms with van der Waals surface area (Å²) in [5, 5.41) is 9.46. The molecule has 2 aromatic rings. The fourth-order valence-corrected chi connectivity index (χ4v) is 5.63. The normalized spacial score (nSPS) is 18.8. The Morgan fingerprint density at radius 2 is 1.41 bits per heavy atom. The van der Waals surface area contributed by atoms with E-state index in [-0.39, 0.29) is 30.9 Å². The quantitative estimate of drug-likeness (QED) is 0.525. The van der Waals surface area contributed by atoms with E-state index < -0.39 is 68.6 Å². The van der Waals surface area contributed by atoms with Crippen molar-refractivity contribution in [1.29, 1.82) is 0 Å². The van der Waals surface area contributed by atoms with Crippen molar-refractivity contribution in [2.24, 2.45) is 0 Å². The van der Waals surface area contributed by atoms with Gasteiger partial charge in [-0.3, -0.25) is 0 Å². The van der Waals surface area contributed by atoms with Gasteiger partial charge in [0.05, 0.1) is 10.5 Å². The zero-order chi connectivity index (χ0) is 28.2. The third kappa shape index (κ3) is 5.23. The van der Waals surface area contributed by atoms with Crippen molar-refractivity contribution >= 4 is 15.7 Å². The highest BCUT2D eigenvalue weighted by Crippen LogP contribution is 2.50. The molecule has 1 fully saturated rings. The Hall–Kier alpha value is -2.59. The standard InChI is InChI=1S/C21H18F10N2O3S/c1-12-11-32(17-7-4-14(22)10-16(17)19(23,24)25)8-9-33(12)37(35,36)15-5-2-13(3-6-15)18(34,20(26,27)28)21(29,30)31/h2-7,10,12,34H,8-9,11H2,1H3/t12-/m1/s1. The second kappa shape index (κ2) is 9.31. The summed E-state index contributed by atoms with van der Waals surface area (Å²) < 4.78 is 159. The SMILES string of the molecule is C[C@@H]1CN(c2ccc(F)cc2C(F)(F)F)CCN1S(=O)(=O)c1ccc(C(O)(C(F)(F)F)C(F)(F)F)cc1. The molecule has 1 atom stereocenters. The van der Waals surface area contributed by atoms with Crippen molar-refractivity contribution in [2.75, 3.05) is 24.5 Å². The van der Waals surface area contributed by atoms with Crippen LogP contribution in [0, 0.1) is 5.82 Å². The molecule has 0 spiro atoms. The Balaban J connectivity index is 1.88. The molecule has 0 unspecified atom stereocenters. The Morgan fingerprint density at radius 1 is 0.865 bits per heavy atom. The Bertz CT molecular complexity index is 1230. The van der Waals surface area contributed by atoms with Crippen LogP contribution in [0.4, 0.5) is 49.6 Å². The fraction of sp³-hybridized carbons (Fsp3) is 0.429. The van der Waals surface area contributed by atoms with Crippen LogP contribution in [-0.4, -0.2) is 55.9 Å². The minimum absolute atomic E-state index is 0.183. The molecular weight excluding hydrogens is 550 g/mol. The van der Waals surface area contributed by atoms with Crippen molar-refractivity contribution in [3.05, 3.63) is 59.4 Å². The van der Waals surface area contributed by atoms with Crippen LogP contribution in [0.25, 0.3) is 0 Å². The second-order valence-corrected chi connectivity index (χ2v) is 10.2. The molecule has 1 aliphatic rings. The lowest BCUT2D eigenvalue weighted by molar-refractivity contribution is -0.376. The van der Waals surface area contributed by atoms with Crippen LogP contribution < -0.4 is 4.90 Å². The van der Waals surface area contributed by atoms with E-state index in [2.05, 4.69) is 0 Å². The summed E-state index contributed by atoms with van der Waals surface area (Å²) in [4.78, 5) is 0.496.